The van der Waals surface area contributed by atoms with E-state index in [1.54, 1.807) is 0 Å². The van der Waals surface area contributed by atoms with Gasteiger partial charge in [0, 0.05) is 19.4 Å². The average Bonchev–Trinajstić information content (AvgIpc) is 3.56. The fourth-order valence-corrected chi connectivity index (χ4v) is 7.28. The molecule has 2 aliphatic rings. The zero-order valence-electron chi connectivity index (χ0n) is 35.9. The minimum absolute atomic E-state index is 0.0281. The van der Waals surface area contributed by atoms with Crippen molar-refractivity contribution in [2.75, 3.05) is 33.4 Å². The van der Waals surface area contributed by atoms with Crippen LogP contribution in [0.25, 0.3) is 0 Å². The van der Waals surface area contributed by atoms with Crippen LogP contribution in [0.1, 0.15) is 181 Å². The molecule has 56 heavy (non-hydrogen) atoms. The van der Waals surface area contributed by atoms with Gasteiger partial charge in [-0.15, -0.1) is 0 Å². The molecule has 0 aromatic carbocycles. The van der Waals surface area contributed by atoms with Crippen molar-refractivity contribution >= 4 is 17.9 Å². The van der Waals surface area contributed by atoms with Crippen LogP contribution in [0.5, 0.6) is 0 Å². The predicted octanol–water partition coefficient (Wildman–Crippen LogP) is 11.7. The Morgan fingerprint density at radius 3 is 1.62 bits per heavy atom. The van der Waals surface area contributed by atoms with Gasteiger partial charge < -0.3 is 23.8 Å². The molecule has 4 atom stereocenters. The third-order valence-corrected chi connectivity index (χ3v) is 10.8. The number of nitrogens with zero attached hydrogens (tertiary/aromatic N) is 1. The molecule has 2 rings (SSSR count). The van der Waals surface area contributed by atoms with Gasteiger partial charge in [0.1, 0.15) is 12.7 Å². The second-order valence-corrected chi connectivity index (χ2v) is 16.0. The molecular formula is C48H81NO7. The smallest absolute Gasteiger partial charge is 0.310 e. The van der Waals surface area contributed by atoms with Crippen molar-refractivity contribution in [2.45, 2.75) is 199 Å². The van der Waals surface area contributed by atoms with Crippen molar-refractivity contribution in [2.24, 2.45) is 5.92 Å². The molecule has 0 radical (unpaired) electrons. The van der Waals surface area contributed by atoms with Crippen LogP contribution in [0, 0.1) is 5.92 Å². The molecule has 2 aliphatic heterocycles. The number of carbonyl (C=O) groups is 3. The van der Waals surface area contributed by atoms with Crippen LogP contribution in [0.15, 0.2) is 48.6 Å². The van der Waals surface area contributed by atoms with Gasteiger partial charge in [-0.2, -0.15) is 0 Å². The molecule has 2 unspecified atom stereocenters. The maximum Gasteiger partial charge on any atom is 0.310 e. The molecular weight excluding hydrogens is 703 g/mol. The fraction of sp³-hybridized carbons (Fsp3) is 0.771. The fourth-order valence-electron chi connectivity index (χ4n) is 7.28. The highest BCUT2D eigenvalue weighted by molar-refractivity contribution is 5.73. The average molecular weight is 784 g/mol. The Morgan fingerprint density at radius 1 is 0.625 bits per heavy atom. The van der Waals surface area contributed by atoms with Crippen LogP contribution in [-0.4, -0.2) is 74.5 Å². The molecule has 320 valence electrons. The van der Waals surface area contributed by atoms with Crippen LogP contribution >= 0.6 is 0 Å². The van der Waals surface area contributed by atoms with E-state index in [4.69, 9.17) is 18.9 Å². The number of likely N-dealkylation sites (tertiary alicyclic amines) is 1. The first kappa shape index (κ1) is 49.4. The van der Waals surface area contributed by atoms with E-state index in [9.17, 15) is 14.4 Å². The first-order valence-corrected chi connectivity index (χ1v) is 22.9. The topological polar surface area (TPSA) is 91.4 Å². The molecule has 2 fully saturated rings. The standard InChI is InChI=1S/C48H81NO7/c1-4-6-8-10-12-14-16-18-20-22-24-26-28-30-32-36-45(50)55-44-41-53-43(40-54-48(52)42-35-34-38-49(3)39-42)47(44)56-46(51)37-33-31-29-27-25-23-21-19-17-15-13-11-9-7-5-2/h12-15,18-21,42-44,47H,4-11,16-17,22-41H2,1-3H3/b14-12-,15-13-,20-18-,21-19-/t42?,43?,44-,47-/m0/s1. The molecule has 0 spiro atoms. The van der Waals surface area contributed by atoms with E-state index < -0.39 is 18.3 Å². The summed E-state index contributed by atoms with van der Waals surface area (Å²) in [5, 5.41) is 0. The molecule has 8 heteroatoms. The Hall–Kier alpha value is -2.71. The summed E-state index contributed by atoms with van der Waals surface area (Å²) in [6, 6.07) is 0. The summed E-state index contributed by atoms with van der Waals surface area (Å²) in [5.41, 5.74) is 0. The second-order valence-electron chi connectivity index (χ2n) is 16.0. The highest BCUT2D eigenvalue weighted by Crippen LogP contribution is 2.25. The lowest BCUT2D eigenvalue weighted by Crippen LogP contribution is -2.41. The SMILES string of the molecule is CCCCC/C=C\C/C=C\CCCCCCCC(=O)O[C@H]1COC(COC(=O)C2CCCN(C)C2)[C@@H]1OC(=O)CCCCCCC/C=C\C/C=C\CCCCC. The van der Waals surface area contributed by atoms with E-state index in [1.165, 1.54) is 51.4 Å². The number of hydrogen-bond donors (Lipinski definition) is 0. The Balaban J connectivity index is 1.69. The van der Waals surface area contributed by atoms with E-state index in [2.05, 4.69) is 67.4 Å². The summed E-state index contributed by atoms with van der Waals surface area (Å²) >= 11 is 0. The molecule has 0 amide bonds. The monoisotopic (exact) mass is 784 g/mol. The van der Waals surface area contributed by atoms with Gasteiger partial charge in [-0.1, -0.05) is 127 Å². The molecule has 0 bridgehead atoms. The number of hydrogen-bond acceptors (Lipinski definition) is 8. The number of allylic oxidation sites excluding steroid dienone is 8. The minimum Gasteiger partial charge on any atom is -0.463 e. The van der Waals surface area contributed by atoms with Gasteiger partial charge >= 0.3 is 17.9 Å². The van der Waals surface area contributed by atoms with E-state index in [0.717, 1.165) is 109 Å². The Labute approximate surface area is 342 Å². The van der Waals surface area contributed by atoms with E-state index in [-0.39, 0.29) is 37.0 Å². The van der Waals surface area contributed by atoms with Gasteiger partial charge in [0.25, 0.3) is 0 Å². The summed E-state index contributed by atoms with van der Waals surface area (Å²) in [6.45, 7) is 6.20. The van der Waals surface area contributed by atoms with E-state index >= 15 is 0 Å². The lowest BCUT2D eigenvalue weighted by atomic mass is 9.99. The molecule has 0 aromatic heterocycles. The van der Waals surface area contributed by atoms with Gasteiger partial charge in [-0.05, 0) is 103 Å². The maximum absolute atomic E-state index is 13.0. The normalized spacial score (nSPS) is 20.6. The summed E-state index contributed by atoms with van der Waals surface area (Å²) in [5.74, 6) is -1.06. The largest absolute Gasteiger partial charge is 0.463 e. The highest BCUT2D eigenvalue weighted by Gasteiger charge is 2.43. The number of ether oxygens (including phenoxy) is 4. The number of rotatable bonds is 33. The van der Waals surface area contributed by atoms with Crippen molar-refractivity contribution in [3.05, 3.63) is 48.6 Å². The summed E-state index contributed by atoms with van der Waals surface area (Å²) in [6.07, 6.45) is 42.9. The summed E-state index contributed by atoms with van der Waals surface area (Å²) in [7, 11) is 2.01. The van der Waals surface area contributed by atoms with Crippen LogP contribution < -0.4 is 0 Å². The third kappa shape index (κ3) is 25.5. The third-order valence-electron chi connectivity index (χ3n) is 10.8. The van der Waals surface area contributed by atoms with Gasteiger partial charge in [0.05, 0.1) is 12.5 Å². The van der Waals surface area contributed by atoms with Crippen LogP contribution in [0.2, 0.25) is 0 Å². The van der Waals surface area contributed by atoms with Gasteiger partial charge in [-0.25, -0.2) is 0 Å². The first-order chi connectivity index (χ1) is 27.4. The zero-order chi connectivity index (χ0) is 40.3. The van der Waals surface area contributed by atoms with Gasteiger partial charge in [-0.3, -0.25) is 14.4 Å². The van der Waals surface area contributed by atoms with Gasteiger partial charge in [0.15, 0.2) is 12.2 Å². The number of esters is 3. The molecule has 0 aliphatic carbocycles. The minimum atomic E-state index is -0.796. The summed E-state index contributed by atoms with van der Waals surface area (Å²) < 4.78 is 23.4. The Morgan fingerprint density at radius 2 is 1.11 bits per heavy atom. The number of unbranched alkanes of at least 4 members (excludes halogenated alkanes) is 16. The quantitative estimate of drug-likeness (QED) is 0.0281. The van der Waals surface area contributed by atoms with Crippen LogP contribution in [0.3, 0.4) is 0 Å². The zero-order valence-corrected chi connectivity index (χ0v) is 35.9. The van der Waals surface area contributed by atoms with E-state index in [0.29, 0.717) is 19.4 Å². The molecule has 2 heterocycles. The predicted molar refractivity (Wildman–Crippen MR) is 229 cm³/mol. The Kier molecular flexibility index (Phi) is 30.3. The first-order valence-electron chi connectivity index (χ1n) is 22.9. The number of carbonyl (C=O) groups excluding carboxylic acids is 3. The van der Waals surface area contributed by atoms with Crippen molar-refractivity contribution in [3.63, 3.8) is 0 Å². The Bertz CT molecular complexity index is 1130. The van der Waals surface area contributed by atoms with Crippen LogP contribution in [-0.2, 0) is 33.3 Å². The lowest BCUT2D eigenvalue weighted by Gasteiger charge is -2.29. The second kappa shape index (κ2) is 34.3. The van der Waals surface area contributed by atoms with Crippen molar-refractivity contribution < 1.29 is 33.3 Å². The molecule has 2 saturated heterocycles. The molecule has 0 saturated carbocycles. The van der Waals surface area contributed by atoms with Gasteiger partial charge in [0.2, 0.25) is 0 Å². The van der Waals surface area contributed by atoms with Crippen molar-refractivity contribution in [3.8, 4) is 0 Å². The molecule has 0 N–H and O–H groups in total. The maximum atomic E-state index is 13.0. The highest BCUT2D eigenvalue weighted by atomic mass is 16.6. The summed E-state index contributed by atoms with van der Waals surface area (Å²) in [4.78, 5) is 40.9. The van der Waals surface area contributed by atoms with Crippen molar-refractivity contribution in [1.29, 1.82) is 0 Å². The van der Waals surface area contributed by atoms with E-state index in [1.807, 2.05) is 7.05 Å². The molecule has 8 nitrogen and oxygen atoms in total. The number of piperidine rings is 1. The lowest BCUT2D eigenvalue weighted by molar-refractivity contribution is -0.169. The van der Waals surface area contributed by atoms with Crippen molar-refractivity contribution in [1.82, 2.24) is 4.90 Å². The molecule has 0 aromatic rings. The van der Waals surface area contributed by atoms with Crippen LogP contribution in [0.4, 0.5) is 0 Å².